The van der Waals surface area contributed by atoms with Gasteiger partial charge in [0.1, 0.15) is 5.52 Å². The number of carbonyl (C=O) groups excluding carboxylic acids is 1. The van der Waals surface area contributed by atoms with E-state index in [4.69, 9.17) is 5.73 Å². The van der Waals surface area contributed by atoms with E-state index in [9.17, 15) is 9.90 Å². The van der Waals surface area contributed by atoms with Crippen molar-refractivity contribution in [1.29, 1.82) is 0 Å². The molecule has 0 saturated heterocycles. The minimum atomic E-state index is -0.477. The summed E-state index contributed by atoms with van der Waals surface area (Å²) in [6.45, 7) is 1.02. The van der Waals surface area contributed by atoms with Crippen molar-refractivity contribution in [2.24, 2.45) is 11.1 Å². The van der Waals surface area contributed by atoms with E-state index in [1.807, 2.05) is 42.6 Å². The number of aliphatic hydroxyl groups excluding tert-OH is 1. The van der Waals surface area contributed by atoms with Gasteiger partial charge < -0.3 is 16.2 Å². The summed E-state index contributed by atoms with van der Waals surface area (Å²) in [5.74, 6) is -0.477. The number of nitrogens with one attached hydrogen (secondary N) is 1. The van der Waals surface area contributed by atoms with Gasteiger partial charge in [0.15, 0.2) is 0 Å². The van der Waals surface area contributed by atoms with Gasteiger partial charge in [0.05, 0.1) is 17.9 Å². The lowest BCUT2D eigenvalue weighted by molar-refractivity contribution is 0.100. The lowest BCUT2D eigenvalue weighted by Gasteiger charge is -2.27. The molecule has 0 aliphatic heterocycles. The molecule has 140 valence electrons. The van der Waals surface area contributed by atoms with Gasteiger partial charge in [-0.05, 0) is 43.2 Å². The molecule has 2 aromatic carbocycles. The van der Waals surface area contributed by atoms with Crippen molar-refractivity contribution in [3.8, 4) is 5.69 Å². The third kappa shape index (κ3) is 3.40. The number of primary amides is 1. The lowest BCUT2D eigenvalue weighted by atomic mass is 9.87. The van der Waals surface area contributed by atoms with Crippen LogP contribution < -0.4 is 11.1 Å². The maximum absolute atomic E-state index is 11.6. The fraction of sp³-hybridized carbons (Fsp3) is 0.333. The van der Waals surface area contributed by atoms with E-state index in [0.29, 0.717) is 11.1 Å². The second-order valence-electron chi connectivity index (χ2n) is 7.45. The summed E-state index contributed by atoms with van der Waals surface area (Å²) in [5, 5.41) is 18.6. The van der Waals surface area contributed by atoms with Crippen molar-refractivity contribution < 1.29 is 9.90 Å². The number of aliphatic hydroxyl groups is 1. The normalized spacial score (nSPS) is 15.9. The Bertz CT molecular complexity index is 956. The topological polar surface area (TPSA) is 93.2 Å². The van der Waals surface area contributed by atoms with Gasteiger partial charge in [0.25, 0.3) is 5.91 Å². The second kappa shape index (κ2) is 7.04. The third-order valence-electron chi connectivity index (χ3n) is 5.60. The zero-order chi connectivity index (χ0) is 18.9. The first kappa shape index (κ1) is 17.5. The highest BCUT2D eigenvalue weighted by molar-refractivity contribution is 6.04. The van der Waals surface area contributed by atoms with Crippen molar-refractivity contribution >= 4 is 22.5 Å². The molecule has 0 spiro atoms. The smallest absolute Gasteiger partial charge is 0.250 e. The van der Waals surface area contributed by atoms with Crippen molar-refractivity contribution in [2.45, 2.75) is 25.7 Å². The lowest BCUT2D eigenvalue weighted by Crippen LogP contribution is -2.30. The van der Waals surface area contributed by atoms with Crippen LogP contribution in [0.5, 0.6) is 0 Å². The van der Waals surface area contributed by atoms with Crippen LogP contribution in [-0.4, -0.2) is 33.9 Å². The Balaban J connectivity index is 1.53. The van der Waals surface area contributed by atoms with Crippen LogP contribution in [0.25, 0.3) is 16.6 Å². The standard InChI is InChI=1S/C21H24N4O2/c22-20(27)18-5-3-4-15-12-25(24-19(15)18)17-8-6-16(7-9-17)23-13-21(14-26)10-1-2-11-21/h3-9,12,23,26H,1-2,10-11,13-14H2,(H2,22,27). The third-order valence-corrected chi connectivity index (χ3v) is 5.60. The van der Waals surface area contributed by atoms with Gasteiger partial charge in [-0.25, -0.2) is 4.68 Å². The molecule has 27 heavy (non-hydrogen) atoms. The summed E-state index contributed by atoms with van der Waals surface area (Å²) in [5.41, 5.74) is 8.42. The molecule has 6 heteroatoms. The summed E-state index contributed by atoms with van der Waals surface area (Å²) in [4.78, 5) is 11.6. The van der Waals surface area contributed by atoms with Crippen LogP contribution in [0.4, 0.5) is 5.69 Å². The first-order valence-electron chi connectivity index (χ1n) is 9.34. The van der Waals surface area contributed by atoms with Gasteiger partial charge in [-0.15, -0.1) is 0 Å². The molecule has 4 N–H and O–H groups in total. The number of nitrogens with zero attached hydrogens (tertiary/aromatic N) is 2. The van der Waals surface area contributed by atoms with Crippen molar-refractivity contribution in [3.63, 3.8) is 0 Å². The van der Waals surface area contributed by atoms with Gasteiger partial charge in [0, 0.05) is 29.2 Å². The number of hydrogen-bond acceptors (Lipinski definition) is 4. The molecule has 0 bridgehead atoms. The maximum atomic E-state index is 11.6. The zero-order valence-corrected chi connectivity index (χ0v) is 15.2. The van der Waals surface area contributed by atoms with E-state index < -0.39 is 5.91 Å². The molecule has 1 aliphatic carbocycles. The van der Waals surface area contributed by atoms with E-state index in [-0.39, 0.29) is 12.0 Å². The van der Waals surface area contributed by atoms with Crippen LogP contribution in [-0.2, 0) is 0 Å². The molecule has 1 aromatic heterocycles. The Labute approximate surface area is 158 Å². The number of fused-ring (bicyclic) bond motifs is 1. The number of nitrogens with two attached hydrogens (primary N) is 1. The molecule has 1 saturated carbocycles. The number of rotatable bonds is 6. The maximum Gasteiger partial charge on any atom is 0.250 e. The largest absolute Gasteiger partial charge is 0.396 e. The van der Waals surface area contributed by atoms with Crippen LogP contribution in [0, 0.1) is 5.41 Å². The molecule has 0 atom stereocenters. The van der Waals surface area contributed by atoms with Crippen LogP contribution in [0.3, 0.4) is 0 Å². The van der Waals surface area contributed by atoms with Gasteiger partial charge in [0.2, 0.25) is 0 Å². The predicted octanol–water partition coefficient (Wildman–Crippen LogP) is 3.09. The molecule has 0 unspecified atom stereocenters. The van der Waals surface area contributed by atoms with E-state index in [2.05, 4.69) is 10.4 Å². The summed E-state index contributed by atoms with van der Waals surface area (Å²) in [7, 11) is 0. The Morgan fingerprint density at radius 2 is 1.93 bits per heavy atom. The minimum absolute atomic E-state index is 0.0174. The Hall–Kier alpha value is -2.86. The van der Waals surface area contributed by atoms with Gasteiger partial charge in [-0.2, -0.15) is 5.10 Å². The number of amides is 1. The molecule has 1 aliphatic rings. The Morgan fingerprint density at radius 3 is 2.59 bits per heavy atom. The Morgan fingerprint density at radius 1 is 1.19 bits per heavy atom. The van der Waals surface area contributed by atoms with E-state index in [0.717, 1.165) is 36.1 Å². The highest BCUT2D eigenvalue weighted by atomic mass is 16.3. The van der Waals surface area contributed by atoms with Crippen LogP contribution in [0.2, 0.25) is 0 Å². The number of anilines is 1. The minimum Gasteiger partial charge on any atom is -0.396 e. The molecule has 4 rings (SSSR count). The SMILES string of the molecule is NC(=O)c1cccc2cn(-c3ccc(NCC4(CO)CCCC4)cc3)nc12. The molecule has 1 amide bonds. The molecule has 1 fully saturated rings. The average molecular weight is 364 g/mol. The molecule has 1 heterocycles. The quantitative estimate of drug-likeness (QED) is 0.627. The second-order valence-corrected chi connectivity index (χ2v) is 7.45. The molecule has 3 aromatic rings. The van der Waals surface area contributed by atoms with Crippen LogP contribution >= 0.6 is 0 Å². The summed E-state index contributed by atoms with van der Waals surface area (Å²) < 4.78 is 1.76. The molecular formula is C21H24N4O2. The highest BCUT2D eigenvalue weighted by Gasteiger charge is 2.32. The number of hydrogen-bond donors (Lipinski definition) is 3. The summed E-state index contributed by atoms with van der Waals surface area (Å²) in [6, 6.07) is 13.4. The van der Waals surface area contributed by atoms with E-state index >= 15 is 0 Å². The van der Waals surface area contributed by atoms with Crippen LogP contribution in [0.15, 0.2) is 48.7 Å². The fourth-order valence-corrected chi connectivity index (χ4v) is 3.91. The summed E-state index contributed by atoms with van der Waals surface area (Å²) >= 11 is 0. The predicted molar refractivity (Wildman–Crippen MR) is 106 cm³/mol. The Kier molecular flexibility index (Phi) is 4.58. The average Bonchev–Trinajstić information content (AvgIpc) is 3.34. The number of aromatic nitrogens is 2. The molecular weight excluding hydrogens is 340 g/mol. The van der Waals surface area contributed by atoms with E-state index in [1.165, 1.54) is 12.8 Å². The summed E-state index contributed by atoms with van der Waals surface area (Å²) in [6.07, 6.45) is 6.44. The molecule has 6 nitrogen and oxygen atoms in total. The first-order valence-corrected chi connectivity index (χ1v) is 9.34. The fourth-order valence-electron chi connectivity index (χ4n) is 3.91. The van der Waals surface area contributed by atoms with Gasteiger partial charge >= 0.3 is 0 Å². The number of benzene rings is 2. The number of carbonyl (C=O) groups is 1. The molecule has 0 radical (unpaired) electrons. The highest BCUT2D eigenvalue weighted by Crippen LogP contribution is 2.37. The van der Waals surface area contributed by atoms with Gasteiger partial charge in [-0.1, -0.05) is 25.0 Å². The first-order chi connectivity index (χ1) is 13.1. The van der Waals surface area contributed by atoms with Crippen molar-refractivity contribution in [2.75, 3.05) is 18.5 Å². The zero-order valence-electron chi connectivity index (χ0n) is 15.2. The monoisotopic (exact) mass is 364 g/mol. The van der Waals surface area contributed by atoms with E-state index in [1.54, 1.807) is 10.7 Å². The van der Waals surface area contributed by atoms with Crippen molar-refractivity contribution in [3.05, 3.63) is 54.2 Å². The van der Waals surface area contributed by atoms with Crippen LogP contribution in [0.1, 0.15) is 36.0 Å². The van der Waals surface area contributed by atoms with Gasteiger partial charge in [-0.3, -0.25) is 4.79 Å². The van der Waals surface area contributed by atoms with Crippen molar-refractivity contribution in [1.82, 2.24) is 9.78 Å².